The number of benzene rings is 1. The molecule has 0 bridgehead atoms. The van der Waals surface area contributed by atoms with E-state index in [1.807, 2.05) is 51.2 Å². The van der Waals surface area contributed by atoms with Crippen LogP contribution in [0.2, 0.25) is 0 Å². The topological polar surface area (TPSA) is 67.0 Å². The maximum atomic E-state index is 12.9. The van der Waals surface area contributed by atoms with Gasteiger partial charge in [-0.15, -0.1) is 0 Å². The van der Waals surface area contributed by atoms with Crippen molar-refractivity contribution in [2.75, 3.05) is 23.8 Å². The van der Waals surface area contributed by atoms with Crippen LogP contribution in [-0.4, -0.2) is 31.4 Å². The van der Waals surface area contributed by atoms with E-state index in [1.165, 1.54) is 0 Å². The molecule has 1 aliphatic heterocycles. The third kappa shape index (κ3) is 3.19. The number of rotatable bonds is 4. The van der Waals surface area contributed by atoms with Crippen LogP contribution in [0.4, 0.5) is 11.4 Å². The number of anilines is 2. The van der Waals surface area contributed by atoms with Crippen LogP contribution in [0, 0.1) is 6.92 Å². The zero-order valence-corrected chi connectivity index (χ0v) is 14.1. The molecule has 2 N–H and O–H groups in total. The zero-order valence-electron chi connectivity index (χ0n) is 14.1. The summed E-state index contributed by atoms with van der Waals surface area (Å²) >= 11 is 0. The Balaban J connectivity index is 1.77. The fourth-order valence-corrected chi connectivity index (χ4v) is 2.88. The van der Waals surface area contributed by atoms with E-state index in [-0.39, 0.29) is 24.4 Å². The van der Waals surface area contributed by atoms with Crippen molar-refractivity contribution in [1.29, 1.82) is 0 Å². The van der Waals surface area contributed by atoms with E-state index in [2.05, 4.69) is 5.32 Å². The number of quaternary nitrogens is 1. The number of para-hydroxylation sites is 2. The number of aryl methyl sites for hydroxylation is 1. The summed E-state index contributed by atoms with van der Waals surface area (Å²) < 4.78 is 5.59. The van der Waals surface area contributed by atoms with Crippen molar-refractivity contribution in [3.63, 3.8) is 0 Å². The summed E-state index contributed by atoms with van der Waals surface area (Å²) in [4.78, 5) is 27.4. The van der Waals surface area contributed by atoms with E-state index < -0.39 is 0 Å². The predicted octanol–water partition coefficient (Wildman–Crippen LogP) is 0.977. The molecule has 1 aromatic heterocycles. The van der Waals surface area contributed by atoms with Crippen LogP contribution in [0.3, 0.4) is 0 Å². The Bertz CT molecular complexity index is 768. The monoisotopic (exact) mass is 328 g/mol. The average Bonchev–Trinajstić information content (AvgIpc) is 2.97. The number of nitrogens with zero attached hydrogens (tertiary/aromatic N) is 1. The van der Waals surface area contributed by atoms with Crippen molar-refractivity contribution in [1.82, 2.24) is 0 Å². The van der Waals surface area contributed by atoms with Gasteiger partial charge in [0.15, 0.2) is 11.8 Å². The molecule has 6 heteroatoms. The smallest absolute Gasteiger partial charge is 0.285 e. The lowest BCUT2D eigenvalue weighted by atomic mass is 10.1. The van der Waals surface area contributed by atoms with Gasteiger partial charge in [0.1, 0.15) is 18.8 Å². The SMILES string of the molecule is Cc1ccc(C[NH+](C)[C@@H](C)C(=O)N2CC(=O)Nc3ccccc32)o1. The third-order valence-electron chi connectivity index (χ3n) is 4.40. The molecular formula is C18H22N3O3+. The number of fused-ring (bicyclic) bond motifs is 1. The fourth-order valence-electron chi connectivity index (χ4n) is 2.88. The van der Waals surface area contributed by atoms with E-state index >= 15 is 0 Å². The average molecular weight is 328 g/mol. The molecule has 2 heterocycles. The molecule has 0 saturated carbocycles. The molecule has 0 spiro atoms. The highest BCUT2D eigenvalue weighted by Crippen LogP contribution is 2.29. The van der Waals surface area contributed by atoms with Crippen LogP contribution >= 0.6 is 0 Å². The van der Waals surface area contributed by atoms with Gasteiger partial charge in [-0.3, -0.25) is 14.5 Å². The van der Waals surface area contributed by atoms with Gasteiger partial charge < -0.3 is 14.6 Å². The lowest BCUT2D eigenvalue weighted by molar-refractivity contribution is -0.908. The minimum Gasteiger partial charge on any atom is -0.460 e. The van der Waals surface area contributed by atoms with E-state index in [0.29, 0.717) is 12.2 Å². The van der Waals surface area contributed by atoms with Gasteiger partial charge in [-0.1, -0.05) is 12.1 Å². The minimum atomic E-state index is -0.297. The summed E-state index contributed by atoms with van der Waals surface area (Å²) in [5, 5.41) is 2.80. The van der Waals surface area contributed by atoms with Crippen LogP contribution in [0.5, 0.6) is 0 Å². The largest absolute Gasteiger partial charge is 0.460 e. The molecule has 0 radical (unpaired) electrons. The predicted molar refractivity (Wildman–Crippen MR) is 90.9 cm³/mol. The molecule has 24 heavy (non-hydrogen) atoms. The Hall–Kier alpha value is -2.60. The summed E-state index contributed by atoms with van der Waals surface area (Å²) in [6.07, 6.45) is 0. The number of amides is 2. The molecule has 1 unspecified atom stereocenters. The van der Waals surface area contributed by atoms with Gasteiger partial charge in [0.2, 0.25) is 5.91 Å². The van der Waals surface area contributed by atoms with E-state index in [9.17, 15) is 9.59 Å². The molecular weight excluding hydrogens is 306 g/mol. The van der Waals surface area contributed by atoms with Crippen LogP contribution < -0.4 is 15.1 Å². The van der Waals surface area contributed by atoms with Crippen molar-refractivity contribution in [3.05, 3.63) is 47.9 Å². The summed E-state index contributed by atoms with van der Waals surface area (Å²) in [5.41, 5.74) is 1.42. The summed E-state index contributed by atoms with van der Waals surface area (Å²) in [6, 6.07) is 10.9. The molecule has 2 atom stereocenters. The first-order chi connectivity index (χ1) is 11.5. The second-order valence-corrected chi connectivity index (χ2v) is 6.25. The Kier molecular flexibility index (Phi) is 4.40. The molecule has 1 aromatic carbocycles. The van der Waals surface area contributed by atoms with Crippen LogP contribution in [-0.2, 0) is 16.1 Å². The minimum absolute atomic E-state index is 0.0489. The van der Waals surface area contributed by atoms with Crippen molar-refractivity contribution < 1.29 is 18.9 Å². The first kappa shape index (κ1) is 16.3. The van der Waals surface area contributed by atoms with Crippen LogP contribution in [0.1, 0.15) is 18.4 Å². The van der Waals surface area contributed by atoms with E-state index in [4.69, 9.17) is 4.42 Å². The molecule has 126 valence electrons. The van der Waals surface area contributed by atoms with Crippen molar-refractivity contribution >= 4 is 23.2 Å². The third-order valence-corrected chi connectivity index (χ3v) is 4.40. The second kappa shape index (κ2) is 6.49. The number of hydrogen-bond donors (Lipinski definition) is 2. The van der Waals surface area contributed by atoms with Gasteiger partial charge in [0.05, 0.1) is 18.4 Å². The normalized spacial score (nSPS) is 16.3. The molecule has 2 aromatic rings. The van der Waals surface area contributed by atoms with Gasteiger partial charge in [0, 0.05) is 0 Å². The van der Waals surface area contributed by atoms with E-state index in [1.54, 1.807) is 11.0 Å². The number of carbonyl (C=O) groups is 2. The van der Waals surface area contributed by atoms with Crippen molar-refractivity contribution in [2.45, 2.75) is 26.4 Å². The number of hydrogen-bond acceptors (Lipinski definition) is 3. The quantitative estimate of drug-likeness (QED) is 0.879. The summed E-state index contributed by atoms with van der Waals surface area (Å²) in [6.45, 7) is 4.44. The Morgan fingerprint density at radius 3 is 2.79 bits per heavy atom. The van der Waals surface area contributed by atoms with Gasteiger partial charge in [0.25, 0.3) is 5.91 Å². The van der Waals surface area contributed by atoms with Gasteiger partial charge in [-0.05, 0) is 38.1 Å². The second-order valence-electron chi connectivity index (χ2n) is 6.25. The Morgan fingerprint density at radius 2 is 2.08 bits per heavy atom. The van der Waals surface area contributed by atoms with E-state index in [0.717, 1.165) is 22.1 Å². The fraction of sp³-hybridized carbons (Fsp3) is 0.333. The Labute approximate surface area is 141 Å². The summed E-state index contributed by atoms with van der Waals surface area (Å²) in [5.74, 6) is 1.46. The highest BCUT2D eigenvalue weighted by atomic mass is 16.3. The molecule has 3 rings (SSSR count). The number of nitrogens with one attached hydrogen (secondary N) is 2. The summed E-state index contributed by atoms with van der Waals surface area (Å²) in [7, 11) is 1.95. The lowest BCUT2D eigenvalue weighted by Gasteiger charge is -2.32. The molecule has 6 nitrogen and oxygen atoms in total. The van der Waals surface area contributed by atoms with Crippen LogP contribution in [0.15, 0.2) is 40.8 Å². The highest BCUT2D eigenvalue weighted by Gasteiger charge is 2.33. The lowest BCUT2D eigenvalue weighted by Crippen LogP contribution is -3.12. The number of likely N-dealkylation sites (N-methyl/N-ethyl adjacent to an activating group) is 1. The van der Waals surface area contributed by atoms with Crippen LogP contribution in [0.25, 0.3) is 0 Å². The molecule has 2 amide bonds. The highest BCUT2D eigenvalue weighted by molar-refractivity contribution is 6.10. The number of furan rings is 1. The van der Waals surface area contributed by atoms with Crippen molar-refractivity contribution in [2.24, 2.45) is 0 Å². The standard InChI is InChI=1S/C18H21N3O3/c1-12-8-9-14(24-12)10-20(3)13(2)18(23)21-11-17(22)19-15-6-4-5-7-16(15)21/h4-9,13H,10-11H2,1-3H3,(H,19,22)/p+1/t13-/m0/s1. The molecule has 0 saturated heterocycles. The molecule has 0 aliphatic carbocycles. The maximum absolute atomic E-state index is 12.9. The Morgan fingerprint density at radius 1 is 1.33 bits per heavy atom. The molecule has 0 fully saturated rings. The maximum Gasteiger partial charge on any atom is 0.285 e. The van der Waals surface area contributed by atoms with Gasteiger partial charge in [-0.25, -0.2) is 0 Å². The van der Waals surface area contributed by atoms with Gasteiger partial charge >= 0.3 is 0 Å². The number of carbonyl (C=O) groups excluding carboxylic acids is 2. The zero-order chi connectivity index (χ0) is 17.3. The molecule has 1 aliphatic rings. The first-order valence-corrected chi connectivity index (χ1v) is 8.03. The first-order valence-electron chi connectivity index (χ1n) is 8.03. The van der Waals surface area contributed by atoms with Gasteiger partial charge in [-0.2, -0.15) is 0 Å². The van der Waals surface area contributed by atoms with Crippen molar-refractivity contribution in [3.8, 4) is 0 Å².